The molecule has 1 heterocycles. The molecule has 2 heteroatoms. The molecule has 0 radical (unpaired) electrons. The molecule has 1 aromatic heterocycles. The Morgan fingerprint density at radius 1 is 1.11 bits per heavy atom. The average molecular weight is 254 g/mol. The van der Waals surface area contributed by atoms with Gasteiger partial charge in [-0.1, -0.05) is 24.3 Å². The fourth-order valence-electron chi connectivity index (χ4n) is 2.37. The zero-order valence-corrected chi connectivity index (χ0v) is 11.8. The van der Waals surface area contributed by atoms with Gasteiger partial charge in [-0.25, -0.2) is 0 Å². The first-order valence-electron chi connectivity index (χ1n) is 6.90. The summed E-state index contributed by atoms with van der Waals surface area (Å²) in [6, 6.07) is 13.4. The van der Waals surface area contributed by atoms with E-state index in [9.17, 15) is 0 Å². The lowest BCUT2D eigenvalue weighted by Crippen LogP contribution is -2.28. The molecular weight excluding hydrogens is 232 g/mol. The molecule has 100 valence electrons. The van der Waals surface area contributed by atoms with Gasteiger partial charge in [-0.2, -0.15) is 0 Å². The van der Waals surface area contributed by atoms with Crippen LogP contribution >= 0.6 is 0 Å². The van der Waals surface area contributed by atoms with Gasteiger partial charge >= 0.3 is 0 Å². The molecule has 1 N–H and O–H groups in total. The van der Waals surface area contributed by atoms with Crippen molar-refractivity contribution in [3.8, 4) is 0 Å². The van der Waals surface area contributed by atoms with E-state index in [1.807, 2.05) is 19.4 Å². The van der Waals surface area contributed by atoms with E-state index in [0.29, 0.717) is 6.04 Å². The van der Waals surface area contributed by atoms with Crippen molar-refractivity contribution < 1.29 is 0 Å². The van der Waals surface area contributed by atoms with E-state index in [1.54, 1.807) is 0 Å². The van der Waals surface area contributed by atoms with Crippen molar-refractivity contribution in [3.63, 3.8) is 0 Å². The first-order chi connectivity index (χ1) is 9.29. The Morgan fingerprint density at radius 2 is 1.84 bits per heavy atom. The molecule has 1 atom stereocenters. The second kappa shape index (κ2) is 7.05. The zero-order valence-electron chi connectivity index (χ0n) is 11.8. The smallest absolute Gasteiger partial charge is 0.0270 e. The van der Waals surface area contributed by atoms with Crippen LogP contribution in [0, 0.1) is 6.92 Å². The first-order valence-corrected chi connectivity index (χ1v) is 6.90. The van der Waals surface area contributed by atoms with Crippen LogP contribution in [0.4, 0.5) is 0 Å². The third-order valence-electron chi connectivity index (χ3n) is 3.66. The van der Waals surface area contributed by atoms with Gasteiger partial charge in [0.1, 0.15) is 0 Å². The van der Waals surface area contributed by atoms with Crippen molar-refractivity contribution in [3.05, 3.63) is 65.5 Å². The highest BCUT2D eigenvalue weighted by molar-refractivity contribution is 5.25. The maximum Gasteiger partial charge on any atom is 0.0270 e. The van der Waals surface area contributed by atoms with Gasteiger partial charge in [0.05, 0.1) is 0 Å². The number of aromatic nitrogens is 1. The highest BCUT2D eigenvalue weighted by Crippen LogP contribution is 2.12. The van der Waals surface area contributed by atoms with Crippen LogP contribution in [-0.2, 0) is 12.8 Å². The summed E-state index contributed by atoms with van der Waals surface area (Å²) in [7, 11) is 2.05. The van der Waals surface area contributed by atoms with Crippen molar-refractivity contribution >= 4 is 0 Å². The second-order valence-corrected chi connectivity index (χ2v) is 5.01. The monoisotopic (exact) mass is 254 g/mol. The van der Waals surface area contributed by atoms with Gasteiger partial charge in [-0.15, -0.1) is 0 Å². The van der Waals surface area contributed by atoms with Crippen LogP contribution in [0.5, 0.6) is 0 Å². The number of hydrogen-bond donors (Lipinski definition) is 1. The van der Waals surface area contributed by atoms with E-state index in [1.165, 1.54) is 16.7 Å². The van der Waals surface area contributed by atoms with Crippen LogP contribution in [0.15, 0.2) is 48.8 Å². The van der Waals surface area contributed by atoms with Crippen LogP contribution in [0.25, 0.3) is 0 Å². The molecule has 2 aromatic rings. The van der Waals surface area contributed by atoms with Crippen LogP contribution < -0.4 is 5.32 Å². The minimum Gasteiger partial charge on any atom is -0.317 e. The first kappa shape index (κ1) is 13.8. The van der Waals surface area contributed by atoms with Crippen molar-refractivity contribution in [1.29, 1.82) is 0 Å². The molecule has 1 aromatic carbocycles. The predicted octanol–water partition coefficient (Wildman–Crippen LogP) is 3.15. The summed E-state index contributed by atoms with van der Waals surface area (Å²) in [5.74, 6) is 0. The molecule has 0 aliphatic rings. The second-order valence-electron chi connectivity index (χ2n) is 5.01. The highest BCUT2D eigenvalue weighted by atomic mass is 14.9. The van der Waals surface area contributed by atoms with Crippen molar-refractivity contribution in [1.82, 2.24) is 10.3 Å². The lowest BCUT2D eigenvalue weighted by molar-refractivity contribution is 0.519. The number of benzene rings is 1. The molecule has 19 heavy (non-hydrogen) atoms. The Hall–Kier alpha value is -1.67. The standard InChI is InChI=1S/C17H22N2/c1-14-5-3-4-6-16(14)7-8-17(18-2)13-15-9-11-19-12-10-15/h3-6,9-12,17-18H,7-8,13H2,1-2H3. The number of hydrogen-bond acceptors (Lipinski definition) is 2. The Bertz CT molecular complexity index is 494. The van der Waals surface area contributed by atoms with E-state index in [4.69, 9.17) is 0 Å². The summed E-state index contributed by atoms with van der Waals surface area (Å²) >= 11 is 0. The minimum atomic E-state index is 0.516. The lowest BCUT2D eigenvalue weighted by atomic mass is 9.97. The molecule has 0 bridgehead atoms. The maximum atomic E-state index is 4.06. The van der Waals surface area contributed by atoms with Gasteiger partial charge in [-0.3, -0.25) is 4.98 Å². The Morgan fingerprint density at radius 3 is 2.53 bits per heavy atom. The number of rotatable bonds is 6. The normalized spacial score (nSPS) is 12.3. The highest BCUT2D eigenvalue weighted by Gasteiger charge is 2.08. The number of aryl methyl sites for hydroxylation is 2. The van der Waals surface area contributed by atoms with E-state index in [2.05, 4.69) is 53.6 Å². The van der Waals surface area contributed by atoms with Gasteiger partial charge in [0, 0.05) is 18.4 Å². The van der Waals surface area contributed by atoms with E-state index < -0.39 is 0 Å². The minimum absolute atomic E-state index is 0.516. The number of pyridine rings is 1. The van der Waals surface area contributed by atoms with E-state index >= 15 is 0 Å². The van der Waals surface area contributed by atoms with Gasteiger partial charge in [0.2, 0.25) is 0 Å². The molecule has 2 nitrogen and oxygen atoms in total. The van der Waals surface area contributed by atoms with Crippen LogP contribution in [0.1, 0.15) is 23.1 Å². The number of nitrogens with zero attached hydrogens (tertiary/aromatic N) is 1. The molecule has 0 aliphatic carbocycles. The summed E-state index contributed by atoms with van der Waals surface area (Å²) < 4.78 is 0. The molecular formula is C17H22N2. The Labute approximate surface area is 115 Å². The molecule has 1 unspecified atom stereocenters. The molecule has 2 rings (SSSR count). The Kier molecular flexibility index (Phi) is 5.10. The summed E-state index contributed by atoms with van der Waals surface area (Å²) in [6.45, 7) is 2.19. The predicted molar refractivity (Wildman–Crippen MR) is 80.3 cm³/mol. The third kappa shape index (κ3) is 4.18. The summed E-state index contributed by atoms with van der Waals surface area (Å²) in [6.07, 6.45) is 7.07. The zero-order chi connectivity index (χ0) is 13.5. The van der Waals surface area contributed by atoms with Gasteiger partial charge in [-0.05, 0) is 62.1 Å². The number of nitrogens with one attached hydrogen (secondary N) is 1. The Balaban J connectivity index is 1.91. The van der Waals surface area contributed by atoms with Crippen LogP contribution in [0.3, 0.4) is 0 Å². The maximum absolute atomic E-state index is 4.06. The molecule has 0 fully saturated rings. The lowest BCUT2D eigenvalue weighted by Gasteiger charge is -2.16. The van der Waals surface area contributed by atoms with Gasteiger partial charge < -0.3 is 5.32 Å². The largest absolute Gasteiger partial charge is 0.317 e. The average Bonchev–Trinajstić information content (AvgIpc) is 2.46. The fraction of sp³-hybridized carbons (Fsp3) is 0.353. The van der Waals surface area contributed by atoms with Gasteiger partial charge in [0.15, 0.2) is 0 Å². The SMILES string of the molecule is CNC(CCc1ccccc1C)Cc1ccncc1. The third-order valence-corrected chi connectivity index (χ3v) is 3.66. The summed E-state index contributed by atoms with van der Waals surface area (Å²) in [5.41, 5.74) is 4.19. The van der Waals surface area contributed by atoms with E-state index in [0.717, 1.165) is 19.3 Å². The van der Waals surface area contributed by atoms with Crippen LogP contribution in [-0.4, -0.2) is 18.1 Å². The van der Waals surface area contributed by atoms with Crippen molar-refractivity contribution in [2.45, 2.75) is 32.2 Å². The molecule has 0 spiro atoms. The summed E-state index contributed by atoms with van der Waals surface area (Å²) in [5, 5.41) is 3.42. The van der Waals surface area contributed by atoms with Gasteiger partial charge in [0.25, 0.3) is 0 Å². The molecule has 0 aliphatic heterocycles. The topological polar surface area (TPSA) is 24.9 Å². The summed E-state index contributed by atoms with van der Waals surface area (Å²) in [4.78, 5) is 4.06. The quantitative estimate of drug-likeness (QED) is 0.856. The number of likely N-dealkylation sites (N-methyl/N-ethyl adjacent to an activating group) is 1. The van der Waals surface area contributed by atoms with Crippen molar-refractivity contribution in [2.75, 3.05) is 7.05 Å². The van der Waals surface area contributed by atoms with E-state index in [-0.39, 0.29) is 0 Å². The molecule has 0 saturated heterocycles. The molecule has 0 saturated carbocycles. The molecule has 0 amide bonds. The van der Waals surface area contributed by atoms with Crippen LogP contribution in [0.2, 0.25) is 0 Å². The fourth-order valence-corrected chi connectivity index (χ4v) is 2.37. The van der Waals surface area contributed by atoms with Crippen molar-refractivity contribution in [2.24, 2.45) is 0 Å².